The van der Waals surface area contributed by atoms with E-state index in [1.807, 2.05) is 0 Å². The molecule has 0 aromatic carbocycles. The number of hydrogen-bond acceptors (Lipinski definition) is 8. The number of aromatic nitrogens is 2. The van der Waals surface area contributed by atoms with Crippen molar-refractivity contribution in [2.75, 3.05) is 25.1 Å². The van der Waals surface area contributed by atoms with Crippen molar-refractivity contribution in [3.05, 3.63) is 34.5 Å². The van der Waals surface area contributed by atoms with E-state index in [1.165, 1.54) is 11.3 Å². The standard InChI is InChI=1S/C19H21N3O5S/c1-2-26-18(24)13-3-4-14-16(13)21-19(28-14)22-17(23)11-5-7-20-15(9-11)27-12-6-8-25-10-12/h5,7,9,12-13H,2-4,6,8,10H2,1H3,(H,21,22,23). The van der Waals surface area contributed by atoms with E-state index in [9.17, 15) is 9.59 Å². The van der Waals surface area contributed by atoms with Crippen molar-refractivity contribution in [1.29, 1.82) is 0 Å². The molecule has 0 saturated carbocycles. The van der Waals surface area contributed by atoms with E-state index < -0.39 is 0 Å². The number of fused-ring (bicyclic) bond motifs is 1. The number of pyridine rings is 1. The van der Waals surface area contributed by atoms with Gasteiger partial charge >= 0.3 is 5.97 Å². The van der Waals surface area contributed by atoms with Crippen molar-refractivity contribution in [2.45, 2.75) is 38.2 Å². The zero-order valence-corrected chi connectivity index (χ0v) is 16.3. The molecule has 4 rings (SSSR count). The van der Waals surface area contributed by atoms with E-state index >= 15 is 0 Å². The summed E-state index contributed by atoms with van der Waals surface area (Å²) < 4.78 is 16.2. The van der Waals surface area contributed by atoms with Crippen LogP contribution >= 0.6 is 11.3 Å². The maximum Gasteiger partial charge on any atom is 0.315 e. The number of anilines is 1. The molecule has 1 aliphatic carbocycles. The smallest absolute Gasteiger partial charge is 0.315 e. The van der Waals surface area contributed by atoms with Gasteiger partial charge in [0.1, 0.15) is 12.0 Å². The highest BCUT2D eigenvalue weighted by Gasteiger charge is 2.33. The zero-order chi connectivity index (χ0) is 19.5. The minimum absolute atomic E-state index is 0.0347. The van der Waals surface area contributed by atoms with Crippen LogP contribution in [0.3, 0.4) is 0 Å². The van der Waals surface area contributed by atoms with Gasteiger partial charge in [-0.05, 0) is 25.8 Å². The normalized spacial score (nSPS) is 20.6. The van der Waals surface area contributed by atoms with Crippen LogP contribution in [0.4, 0.5) is 5.13 Å². The maximum atomic E-state index is 12.6. The van der Waals surface area contributed by atoms with Crippen molar-refractivity contribution in [1.82, 2.24) is 9.97 Å². The van der Waals surface area contributed by atoms with Gasteiger partial charge in [0.05, 0.1) is 25.5 Å². The Hall–Kier alpha value is -2.52. The molecule has 8 nitrogen and oxygen atoms in total. The van der Waals surface area contributed by atoms with Crippen molar-refractivity contribution in [3.8, 4) is 5.88 Å². The molecule has 0 bridgehead atoms. The maximum absolute atomic E-state index is 12.6. The topological polar surface area (TPSA) is 99.6 Å². The first-order valence-corrected chi connectivity index (χ1v) is 10.1. The van der Waals surface area contributed by atoms with Crippen LogP contribution in [0, 0.1) is 0 Å². The first-order chi connectivity index (χ1) is 13.6. The molecule has 1 fully saturated rings. The molecule has 2 aliphatic rings. The molecule has 148 valence electrons. The minimum Gasteiger partial charge on any atom is -0.472 e. The van der Waals surface area contributed by atoms with E-state index in [1.54, 1.807) is 25.3 Å². The van der Waals surface area contributed by atoms with E-state index in [0.29, 0.717) is 42.8 Å². The molecule has 9 heteroatoms. The minimum atomic E-state index is -0.341. The fraction of sp³-hybridized carbons (Fsp3) is 0.474. The zero-order valence-electron chi connectivity index (χ0n) is 15.5. The number of carbonyl (C=O) groups excluding carboxylic acids is 2. The number of nitrogens with zero attached hydrogens (tertiary/aromatic N) is 2. The lowest BCUT2D eigenvalue weighted by Gasteiger charge is -2.11. The first-order valence-electron chi connectivity index (χ1n) is 9.32. The Balaban J connectivity index is 1.43. The molecule has 0 radical (unpaired) electrons. The second-order valence-corrected chi connectivity index (χ2v) is 7.69. The third kappa shape index (κ3) is 4.00. The summed E-state index contributed by atoms with van der Waals surface area (Å²) >= 11 is 1.40. The summed E-state index contributed by atoms with van der Waals surface area (Å²) in [5.74, 6) is -0.496. The van der Waals surface area contributed by atoms with Crippen LogP contribution in [-0.4, -0.2) is 47.8 Å². The summed E-state index contributed by atoms with van der Waals surface area (Å²) in [5.41, 5.74) is 1.15. The molecular formula is C19H21N3O5S. The molecule has 1 amide bonds. The third-order valence-corrected chi connectivity index (χ3v) is 5.73. The van der Waals surface area contributed by atoms with Gasteiger partial charge in [-0.1, -0.05) is 0 Å². The summed E-state index contributed by atoms with van der Waals surface area (Å²) in [6.45, 7) is 3.33. The van der Waals surface area contributed by atoms with Crippen LogP contribution in [0.1, 0.15) is 46.6 Å². The summed E-state index contributed by atoms with van der Waals surface area (Å²) in [5, 5.41) is 3.29. The Morgan fingerprint density at radius 1 is 1.39 bits per heavy atom. The summed E-state index contributed by atoms with van der Waals surface area (Å²) in [7, 11) is 0. The van der Waals surface area contributed by atoms with Gasteiger partial charge < -0.3 is 14.2 Å². The van der Waals surface area contributed by atoms with Gasteiger partial charge in [-0.2, -0.15) is 0 Å². The highest BCUT2D eigenvalue weighted by molar-refractivity contribution is 7.16. The van der Waals surface area contributed by atoms with Crippen molar-refractivity contribution >= 4 is 28.3 Å². The number of hydrogen-bond donors (Lipinski definition) is 1. The number of ether oxygens (including phenoxy) is 3. The lowest BCUT2D eigenvalue weighted by atomic mass is 10.1. The van der Waals surface area contributed by atoms with Gasteiger partial charge in [0.15, 0.2) is 5.13 Å². The lowest BCUT2D eigenvalue weighted by Crippen LogP contribution is -2.17. The van der Waals surface area contributed by atoms with Gasteiger partial charge in [0.2, 0.25) is 5.88 Å². The van der Waals surface area contributed by atoms with Crippen LogP contribution in [0.15, 0.2) is 18.3 Å². The van der Waals surface area contributed by atoms with Gasteiger partial charge in [-0.25, -0.2) is 9.97 Å². The first kappa shape index (κ1) is 18.8. The Kier molecular flexibility index (Phi) is 5.54. The largest absolute Gasteiger partial charge is 0.472 e. The molecule has 1 saturated heterocycles. The second-order valence-electron chi connectivity index (χ2n) is 6.61. The Morgan fingerprint density at radius 2 is 2.29 bits per heavy atom. The lowest BCUT2D eigenvalue weighted by molar-refractivity contribution is -0.145. The fourth-order valence-corrected chi connectivity index (χ4v) is 4.35. The number of carbonyl (C=O) groups is 2. The fourth-order valence-electron chi connectivity index (χ4n) is 3.31. The van der Waals surface area contributed by atoms with E-state index in [2.05, 4.69) is 15.3 Å². The predicted octanol–water partition coefficient (Wildman–Crippen LogP) is 2.55. The third-order valence-electron chi connectivity index (χ3n) is 4.68. The summed E-state index contributed by atoms with van der Waals surface area (Å²) in [6.07, 6.45) is 3.79. The van der Waals surface area contributed by atoms with E-state index in [0.717, 1.165) is 23.4 Å². The highest BCUT2D eigenvalue weighted by Crippen LogP contribution is 2.39. The van der Waals surface area contributed by atoms with Crippen molar-refractivity contribution in [3.63, 3.8) is 0 Å². The molecule has 2 aromatic rings. The Labute approximate surface area is 166 Å². The van der Waals surface area contributed by atoms with Crippen LogP contribution < -0.4 is 10.1 Å². The average Bonchev–Trinajstić information content (AvgIpc) is 3.39. The number of amides is 1. The SMILES string of the molecule is CCOC(=O)C1CCc2sc(NC(=O)c3ccnc(OC4CCOC4)c3)nc21. The van der Waals surface area contributed by atoms with Gasteiger partial charge in [0, 0.05) is 29.1 Å². The van der Waals surface area contributed by atoms with Crippen LogP contribution in [0.25, 0.3) is 0 Å². The monoisotopic (exact) mass is 403 g/mol. The van der Waals surface area contributed by atoms with E-state index in [4.69, 9.17) is 14.2 Å². The molecule has 28 heavy (non-hydrogen) atoms. The van der Waals surface area contributed by atoms with Crippen molar-refractivity contribution < 1.29 is 23.8 Å². The molecular weight excluding hydrogens is 382 g/mol. The number of nitrogens with one attached hydrogen (secondary N) is 1. The molecule has 2 atom stereocenters. The number of rotatable bonds is 6. The van der Waals surface area contributed by atoms with Crippen LogP contribution in [-0.2, 0) is 20.7 Å². The van der Waals surface area contributed by atoms with E-state index in [-0.39, 0.29) is 23.9 Å². The van der Waals surface area contributed by atoms with Crippen LogP contribution in [0.5, 0.6) is 5.88 Å². The highest BCUT2D eigenvalue weighted by atomic mass is 32.1. The molecule has 2 unspecified atom stereocenters. The second kappa shape index (κ2) is 8.24. The molecule has 1 aliphatic heterocycles. The Morgan fingerprint density at radius 3 is 3.07 bits per heavy atom. The van der Waals surface area contributed by atoms with Gasteiger partial charge in [0.25, 0.3) is 5.91 Å². The predicted molar refractivity (Wildman–Crippen MR) is 102 cm³/mol. The number of thiazole rings is 1. The van der Waals surface area contributed by atoms with Crippen molar-refractivity contribution in [2.24, 2.45) is 0 Å². The molecule has 3 heterocycles. The Bertz CT molecular complexity index is 878. The average molecular weight is 403 g/mol. The van der Waals surface area contributed by atoms with Crippen LogP contribution in [0.2, 0.25) is 0 Å². The number of esters is 1. The molecule has 0 spiro atoms. The quantitative estimate of drug-likeness (QED) is 0.740. The summed E-state index contributed by atoms with van der Waals surface area (Å²) in [4.78, 5) is 34.3. The number of aryl methyl sites for hydroxylation is 1. The summed E-state index contributed by atoms with van der Waals surface area (Å²) in [6, 6.07) is 3.23. The molecule has 2 aromatic heterocycles. The molecule has 1 N–H and O–H groups in total. The van der Waals surface area contributed by atoms with Gasteiger partial charge in [-0.3, -0.25) is 14.9 Å². The van der Waals surface area contributed by atoms with Gasteiger partial charge in [-0.15, -0.1) is 11.3 Å².